The normalized spacial score (nSPS) is 21.2. The Kier molecular flexibility index (Phi) is 5.44. The molecule has 0 spiro atoms. The van der Waals surface area contributed by atoms with Gasteiger partial charge in [0.2, 0.25) is 0 Å². The molecule has 0 heterocycles. The number of hydrogen-bond acceptors (Lipinski definition) is 3. The average molecular weight is 241 g/mol. The number of ether oxygens (including phenoxy) is 1. The van der Waals surface area contributed by atoms with Gasteiger partial charge in [0, 0.05) is 5.54 Å². The first-order valence-electron chi connectivity index (χ1n) is 6.90. The summed E-state index contributed by atoms with van der Waals surface area (Å²) in [7, 11) is 0. The Hall–Kier alpha value is -0.570. The number of rotatable bonds is 5. The van der Waals surface area contributed by atoms with Gasteiger partial charge in [-0.15, -0.1) is 0 Å². The quantitative estimate of drug-likeness (QED) is 0.753. The van der Waals surface area contributed by atoms with E-state index in [1.807, 2.05) is 6.92 Å². The molecule has 0 amide bonds. The molecule has 0 aromatic heterocycles. The van der Waals surface area contributed by atoms with E-state index in [0.717, 1.165) is 32.1 Å². The minimum atomic E-state index is -0.299. The van der Waals surface area contributed by atoms with Gasteiger partial charge in [-0.25, -0.2) is 0 Å². The van der Waals surface area contributed by atoms with Gasteiger partial charge >= 0.3 is 5.97 Å². The van der Waals surface area contributed by atoms with Crippen molar-refractivity contribution < 1.29 is 9.53 Å². The van der Waals surface area contributed by atoms with E-state index in [4.69, 9.17) is 10.5 Å². The monoisotopic (exact) mass is 241 g/mol. The molecule has 0 radical (unpaired) electrons. The molecule has 1 aliphatic rings. The number of esters is 1. The largest absolute Gasteiger partial charge is 0.463 e. The lowest BCUT2D eigenvalue weighted by atomic mass is 9.80. The van der Waals surface area contributed by atoms with E-state index in [1.54, 1.807) is 0 Å². The lowest BCUT2D eigenvalue weighted by Crippen LogP contribution is -2.44. The van der Waals surface area contributed by atoms with E-state index < -0.39 is 0 Å². The average Bonchev–Trinajstić information content (AvgIpc) is 2.15. The van der Waals surface area contributed by atoms with E-state index in [9.17, 15) is 4.79 Å². The highest BCUT2D eigenvalue weighted by Crippen LogP contribution is 2.29. The maximum absolute atomic E-state index is 11.8. The molecule has 1 fully saturated rings. The fourth-order valence-electron chi connectivity index (χ4n) is 2.70. The predicted molar refractivity (Wildman–Crippen MR) is 69.6 cm³/mol. The van der Waals surface area contributed by atoms with Crippen molar-refractivity contribution in [2.45, 2.75) is 77.4 Å². The van der Waals surface area contributed by atoms with Crippen LogP contribution in [-0.2, 0) is 9.53 Å². The maximum atomic E-state index is 11.8. The van der Waals surface area contributed by atoms with Gasteiger partial charge < -0.3 is 10.5 Å². The summed E-state index contributed by atoms with van der Waals surface area (Å²) in [4.78, 5) is 11.8. The molecule has 17 heavy (non-hydrogen) atoms. The van der Waals surface area contributed by atoms with Crippen LogP contribution < -0.4 is 5.73 Å². The van der Waals surface area contributed by atoms with Crippen LogP contribution in [0.5, 0.6) is 0 Å². The molecule has 0 bridgehead atoms. The molecule has 0 aromatic rings. The van der Waals surface area contributed by atoms with Crippen molar-refractivity contribution in [1.29, 1.82) is 0 Å². The molecular weight excluding hydrogens is 214 g/mol. The summed E-state index contributed by atoms with van der Waals surface area (Å²) in [5, 5.41) is 0. The molecule has 1 unspecified atom stereocenters. The van der Waals surface area contributed by atoms with Crippen molar-refractivity contribution in [3.05, 3.63) is 0 Å². The molecule has 0 aromatic carbocycles. The molecule has 100 valence electrons. The molecule has 1 atom stereocenters. The third-order valence-corrected chi connectivity index (χ3v) is 3.48. The maximum Gasteiger partial charge on any atom is 0.307 e. The zero-order valence-electron chi connectivity index (χ0n) is 11.5. The van der Waals surface area contributed by atoms with Gasteiger partial charge in [-0.05, 0) is 32.1 Å². The van der Waals surface area contributed by atoms with Crippen LogP contribution in [0.25, 0.3) is 0 Å². The molecule has 0 aliphatic heterocycles. The zero-order valence-corrected chi connectivity index (χ0v) is 11.5. The second-order valence-electron chi connectivity index (χ2n) is 6.03. The Balaban J connectivity index is 2.33. The van der Waals surface area contributed by atoms with Crippen LogP contribution in [0.4, 0.5) is 0 Å². The smallest absolute Gasteiger partial charge is 0.307 e. The van der Waals surface area contributed by atoms with Crippen LogP contribution in [0.1, 0.15) is 65.7 Å². The summed E-state index contributed by atoms with van der Waals surface area (Å²) in [5.74, 6) is 0.432. The zero-order chi connectivity index (χ0) is 12.9. The van der Waals surface area contributed by atoms with Crippen molar-refractivity contribution in [3.8, 4) is 0 Å². The summed E-state index contributed by atoms with van der Waals surface area (Å²) in [6.45, 7) is 6.23. The summed E-state index contributed by atoms with van der Waals surface area (Å²) < 4.78 is 5.41. The SMILES string of the molecule is CC(C)CC(C)OC(=O)CC1(N)CCCCC1. The number of hydrogen-bond donors (Lipinski definition) is 1. The Morgan fingerprint density at radius 2 is 1.82 bits per heavy atom. The molecule has 2 N–H and O–H groups in total. The third kappa shape index (κ3) is 5.53. The number of nitrogens with two attached hydrogens (primary N) is 1. The van der Waals surface area contributed by atoms with E-state index in [1.165, 1.54) is 6.42 Å². The number of carbonyl (C=O) groups is 1. The second kappa shape index (κ2) is 6.39. The first-order chi connectivity index (χ1) is 7.91. The Labute approximate surface area is 105 Å². The Morgan fingerprint density at radius 1 is 1.24 bits per heavy atom. The summed E-state index contributed by atoms with van der Waals surface area (Å²) in [5.41, 5.74) is 5.94. The molecule has 0 saturated heterocycles. The Bertz CT molecular complexity index is 245. The molecule has 3 nitrogen and oxygen atoms in total. The van der Waals surface area contributed by atoms with Gasteiger partial charge in [0.25, 0.3) is 0 Å². The van der Waals surface area contributed by atoms with Gasteiger partial charge in [-0.2, -0.15) is 0 Å². The van der Waals surface area contributed by atoms with Crippen molar-refractivity contribution in [1.82, 2.24) is 0 Å². The minimum Gasteiger partial charge on any atom is -0.463 e. The predicted octanol–water partition coefficient (Wildman–Crippen LogP) is 3.02. The standard InChI is InChI=1S/C14H27NO2/c1-11(2)9-12(3)17-13(16)10-14(15)7-5-4-6-8-14/h11-12H,4-10,15H2,1-3H3. The van der Waals surface area contributed by atoms with Crippen molar-refractivity contribution in [3.63, 3.8) is 0 Å². The van der Waals surface area contributed by atoms with E-state index in [0.29, 0.717) is 12.3 Å². The highest BCUT2D eigenvalue weighted by molar-refractivity contribution is 5.71. The van der Waals surface area contributed by atoms with Crippen LogP contribution in [0.3, 0.4) is 0 Å². The van der Waals surface area contributed by atoms with Crippen LogP contribution >= 0.6 is 0 Å². The molecular formula is C14H27NO2. The lowest BCUT2D eigenvalue weighted by molar-refractivity contribution is -0.150. The molecule has 1 saturated carbocycles. The highest BCUT2D eigenvalue weighted by Gasteiger charge is 2.31. The summed E-state index contributed by atoms with van der Waals surface area (Å²) in [6, 6.07) is 0. The first-order valence-corrected chi connectivity index (χ1v) is 6.90. The topological polar surface area (TPSA) is 52.3 Å². The minimum absolute atomic E-state index is 0.00897. The number of carbonyl (C=O) groups excluding carboxylic acids is 1. The van der Waals surface area contributed by atoms with Gasteiger partial charge in [-0.3, -0.25) is 4.79 Å². The molecule has 1 rings (SSSR count). The lowest BCUT2D eigenvalue weighted by Gasteiger charge is -2.32. The molecule has 1 aliphatic carbocycles. The Morgan fingerprint density at radius 3 is 2.35 bits per heavy atom. The van der Waals surface area contributed by atoms with Crippen molar-refractivity contribution in [2.24, 2.45) is 11.7 Å². The summed E-state index contributed by atoms with van der Waals surface area (Å²) in [6.07, 6.45) is 6.77. The van der Waals surface area contributed by atoms with E-state index in [-0.39, 0.29) is 17.6 Å². The third-order valence-electron chi connectivity index (χ3n) is 3.48. The van der Waals surface area contributed by atoms with Crippen LogP contribution in [0, 0.1) is 5.92 Å². The summed E-state index contributed by atoms with van der Waals surface area (Å²) >= 11 is 0. The fraction of sp³-hybridized carbons (Fsp3) is 0.929. The van der Waals surface area contributed by atoms with Crippen LogP contribution in [0.15, 0.2) is 0 Å². The molecule has 3 heteroatoms. The van der Waals surface area contributed by atoms with Gasteiger partial charge in [0.05, 0.1) is 12.5 Å². The van der Waals surface area contributed by atoms with Crippen LogP contribution in [-0.4, -0.2) is 17.6 Å². The van der Waals surface area contributed by atoms with Crippen molar-refractivity contribution >= 4 is 5.97 Å². The highest BCUT2D eigenvalue weighted by atomic mass is 16.5. The second-order valence-corrected chi connectivity index (χ2v) is 6.03. The fourth-order valence-corrected chi connectivity index (χ4v) is 2.70. The van der Waals surface area contributed by atoms with Gasteiger partial charge in [0.1, 0.15) is 0 Å². The van der Waals surface area contributed by atoms with Gasteiger partial charge in [-0.1, -0.05) is 33.1 Å². The van der Waals surface area contributed by atoms with Crippen molar-refractivity contribution in [2.75, 3.05) is 0 Å². The van der Waals surface area contributed by atoms with E-state index >= 15 is 0 Å². The van der Waals surface area contributed by atoms with Gasteiger partial charge in [0.15, 0.2) is 0 Å². The van der Waals surface area contributed by atoms with E-state index in [2.05, 4.69) is 13.8 Å². The van der Waals surface area contributed by atoms with Crippen LogP contribution in [0.2, 0.25) is 0 Å². The first kappa shape index (κ1) is 14.5.